The minimum atomic E-state index is -0.304. The van der Waals surface area contributed by atoms with Crippen molar-refractivity contribution in [1.82, 2.24) is 10.3 Å². The summed E-state index contributed by atoms with van der Waals surface area (Å²) in [4.78, 5) is 17.8. The number of carbonyl (C=O) groups is 1. The molecule has 2 N–H and O–H groups in total. The predicted octanol–water partition coefficient (Wildman–Crippen LogP) is 3.54. The van der Waals surface area contributed by atoms with E-state index in [1.165, 1.54) is 12.0 Å². The molecule has 0 saturated carbocycles. The van der Waals surface area contributed by atoms with Gasteiger partial charge in [-0.05, 0) is 55.1 Å². The normalized spacial score (nSPS) is 16.0. The van der Waals surface area contributed by atoms with Crippen molar-refractivity contribution >= 4 is 39.6 Å². The monoisotopic (exact) mass is 375 g/mol. The lowest BCUT2D eigenvalue weighted by molar-refractivity contribution is 0.0601. The van der Waals surface area contributed by atoms with Gasteiger partial charge >= 0.3 is 5.97 Å². The fourth-order valence-electron chi connectivity index (χ4n) is 2.98. The lowest BCUT2D eigenvalue weighted by Gasteiger charge is -2.18. The van der Waals surface area contributed by atoms with Crippen LogP contribution in [0.1, 0.15) is 39.8 Å². The first kappa shape index (κ1) is 17.8. The molecule has 7 heteroatoms. The van der Waals surface area contributed by atoms with Gasteiger partial charge < -0.3 is 15.4 Å². The predicted molar refractivity (Wildman–Crippen MR) is 104 cm³/mol. The largest absolute Gasteiger partial charge is 0.465 e. The Balaban J connectivity index is 1.75. The highest BCUT2D eigenvalue weighted by atomic mass is 32.1. The number of fused-ring (bicyclic) bond motifs is 1. The second kappa shape index (κ2) is 7.93. The van der Waals surface area contributed by atoms with Gasteiger partial charge in [0.25, 0.3) is 0 Å². The number of hydrogen-bond acceptors (Lipinski definition) is 5. The molecule has 0 unspecified atom stereocenters. The third kappa shape index (κ3) is 4.16. The summed E-state index contributed by atoms with van der Waals surface area (Å²) in [5, 5.41) is 7.55. The molecule has 0 bridgehead atoms. The lowest BCUT2D eigenvalue weighted by Crippen LogP contribution is -2.28. The average Bonchev–Trinajstić information content (AvgIpc) is 2.97. The van der Waals surface area contributed by atoms with Gasteiger partial charge in [-0.2, -0.15) is 0 Å². The summed E-state index contributed by atoms with van der Waals surface area (Å²) in [7, 11) is 1.42. The van der Waals surface area contributed by atoms with Crippen LogP contribution in [0.2, 0.25) is 0 Å². The van der Waals surface area contributed by atoms with Gasteiger partial charge in [0.2, 0.25) is 0 Å². The zero-order valence-electron chi connectivity index (χ0n) is 14.3. The molecule has 0 saturated heterocycles. The molecule has 0 aliphatic heterocycles. The van der Waals surface area contributed by atoms with Gasteiger partial charge in [0.1, 0.15) is 5.00 Å². The van der Waals surface area contributed by atoms with Crippen LogP contribution in [0.15, 0.2) is 24.4 Å². The van der Waals surface area contributed by atoms with E-state index in [9.17, 15) is 4.79 Å². The van der Waals surface area contributed by atoms with Crippen LogP contribution < -0.4 is 10.6 Å². The molecule has 2 heterocycles. The average molecular weight is 376 g/mol. The SMILES string of the molecule is COC(=O)c1c(NC(=S)NCc2ccccn2)sc2c1CC[C@H](C)C2. The molecule has 0 radical (unpaired) electrons. The van der Waals surface area contributed by atoms with Gasteiger partial charge in [-0.3, -0.25) is 4.98 Å². The summed E-state index contributed by atoms with van der Waals surface area (Å²) in [6.45, 7) is 2.77. The number of aromatic nitrogens is 1. The second-order valence-electron chi connectivity index (χ2n) is 6.18. The van der Waals surface area contributed by atoms with Crippen LogP contribution in [-0.4, -0.2) is 23.2 Å². The third-order valence-electron chi connectivity index (χ3n) is 4.28. The molecule has 1 aliphatic carbocycles. The first-order valence-electron chi connectivity index (χ1n) is 8.26. The van der Waals surface area contributed by atoms with Gasteiger partial charge in [0.15, 0.2) is 5.11 Å². The number of rotatable bonds is 4. The van der Waals surface area contributed by atoms with Crippen molar-refractivity contribution in [2.45, 2.75) is 32.7 Å². The van der Waals surface area contributed by atoms with Crippen molar-refractivity contribution in [1.29, 1.82) is 0 Å². The number of methoxy groups -OCH3 is 1. The Kier molecular flexibility index (Phi) is 5.65. The minimum absolute atomic E-state index is 0.304. The van der Waals surface area contributed by atoms with E-state index in [2.05, 4.69) is 22.5 Å². The van der Waals surface area contributed by atoms with E-state index in [-0.39, 0.29) is 5.97 Å². The summed E-state index contributed by atoms with van der Waals surface area (Å²) < 4.78 is 4.99. The molecule has 0 amide bonds. The van der Waals surface area contributed by atoms with Gasteiger partial charge in [-0.1, -0.05) is 13.0 Å². The van der Waals surface area contributed by atoms with Crippen molar-refractivity contribution in [3.63, 3.8) is 0 Å². The van der Waals surface area contributed by atoms with Crippen LogP contribution >= 0.6 is 23.6 Å². The van der Waals surface area contributed by atoms with E-state index < -0.39 is 0 Å². The second-order valence-corrected chi connectivity index (χ2v) is 7.69. The molecule has 2 aromatic heterocycles. The summed E-state index contributed by atoms with van der Waals surface area (Å²) in [6.07, 6.45) is 4.75. The molecule has 0 fully saturated rings. The van der Waals surface area contributed by atoms with Crippen LogP contribution in [0, 0.1) is 5.92 Å². The third-order valence-corrected chi connectivity index (χ3v) is 5.70. The smallest absolute Gasteiger partial charge is 0.341 e. The Morgan fingerprint density at radius 3 is 3.04 bits per heavy atom. The van der Waals surface area contributed by atoms with Crippen LogP contribution in [0.3, 0.4) is 0 Å². The van der Waals surface area contributed by atoms with E-state index >= 15 is 0 Å². The summed E-state index contributed by atoms with van der Waals surface area (Å²) in [5.41, 5.74) is 2.65. The van der Waals surface area contributed by atoms with Crippen molar-refractivity contribution in [3.8, 4) is 0 Å². The first-order valence-corrected chi connectivity index (χ1v) is 9.48. The number of ether oxygens (including phenoxy) is 1. The van der Waals surface area contributed by atoms with E-state index in [0.717, 1.165) is 35.5 Å². The number of esters is 1. The Bertz CT molecular complexity index is 774. The van der Waals surface area contributed by atoms with E-state index in [0.29, 0.717) is 23.1 Å². The quantitative estimate of drug-likeness (QED) is 0.630. The Labute approximate surface area is 156 Å². The molecule has 5 nitrogen and oxygen atoms in total. The highest BCUT2D eigenvalue weighted by Crippen LogP contribution is 2.39. The number of nitrogens with zero attached hydrogens (tertiary/aromatic N) is 1. The van der Waals surface area contributed by atoms with Gasteiger partial charge in [-0.15, -0.1) is 11.3 Å². The molecular formula is C18H21N3O2S2. The van der Waals surface area contributed by atoms with Crippen LogP contribution in [-0.2, 0) is 24.1 Å². The van der Waals surface area contributed by atoms with E-state index in [1.54, 1.807) is 17.5 Å². The minimum Gasteiger partial charge on any atom is -0.465 e. The van der Waals surface area contributed by atoms with Crippen LogP contribution in [0.25, 0.3) is 0 Å². The number of anilines is 1. The van der Waals surface area contributed by atoms with E-state index in [4.69, 9.17) is 17.0 Å². The van der Waals surface area contributed by atoms with Crippen molar-refractivity contribution in [3.05, 3.63) is 46.1 Å². The van der Waals surface area contributed by atoms with Gasteiger partial charge in [0, 0.05) is 11.1 Å². The highest BCUT2D eigenvalue weighted by Gasteiger charge is 2.28. The first-order chi connectivity index (χ1) is 12.1. The summed E-state index contributed by atoms with van der Waals surface area (Å²) in [6, 6.07) is 5.74. The number of thiophene rings is 1. The number of hydrogen-bond donors (Lipinski definition) is 2. The number of thiocarbonyl (C=S) groups is 1. The number of pyridine rings is 1. The fourth-order valence-corrected chi connectivity index (χ4v) is 4.62. The van der Waals surface area contributed by atoms with Crippen molar-refractivity contribution in [2.24, 2.45) is 5.92 Å². The lowest BCUT2D eigenvalue weighted by atomic mass is 9.88. The molecule has 1 atom stereocenters. The Morgan fingerprint density at radius 1 is 1.48 bits per heavy atom. The Morgan fingerprint density at radius 2 is 2.32 bits per heavy atom. The number of nitrogens with one attached hydrogen (secondary N) is 2. The molecule has 0 spiro atoms. The van der Waals surface area contributed by atoms with Gasteiger partial charge in [0.05, 0.1) is 24.9 Å². The van der Waals surface area contributed by atoms with Gasteiger partial charge in [-0.25, -0.2) is 4.79 Å². The molecule has 3 rings (SSSR count). The summed E-state index contributed by atoms with van der Waals surface area (Å²) in [5.74, 6) is 0.334. The van der Waals surface area contributed by atoms with Crippen molar-refractivity contribution < 1.29 is 9.53 Å². The van der Waals surface area contributed by atoms with Crippen LogP contribution in [0.4, 0.5) is 5.00 Å². The maximum atomic E-state index is 12.3. The van der Waals surface area contributed by atoms with Crippen molar-refractivity contribution in [2.75, 3.05) is 12.4 Å². The molecule has 2 aromatic rings. The van der Waals surface area contributed by atoms with Crippen LogP contribution in [0.5, 0.6) is 0 Å². The molecule has 1 aliphatic rings. The standard InChI is InChI=1S/C18H21N3O2S2/c1-11-6-7-13-14(9-11)25-16(15(13)17(22)23-2)21-18(24)20-10-12-5-3-4-8-19-12/h3-5,8,11H,6-7,9-10H2,1-2H3,(H2,20,21,24)/t11-/m0/s1. The molecule has 25 heavy (non-hydrogen) atoms. The topological polar surface area (TPSA) is 63.2 Å². The summed E-state index contributed by atoms with van der Waals surface area (Å²) >= 11 is 6.99. The maximum absolute atomic E-state index is 12.3. The molecular weight excluding hydrogens is 354 g/mol. The highest BCUT2D eigenvalue weighted by molar-refractivity contribution is 7.80. The zero-order chi connectivity index (χ0) is 17.8. The fraction of sp³-hybridized carbons (Fsp3) is 0.389. The maximum Gasteiger partial charge on any atom is 0.341 e. The van der Waals surface area contributed by atoms with E-state index in [1.807, 2.05) is 18.2 Å². The molecule has 0 aromatic carbocycles. The number of carbonyl (C=O) groups excluding carboxylic acids is 1. The molecule has 132 valence electrons. The Hall–Kier alpha value is -1.99. The zero-order valence-corrected chi connectivity index (χ0v) is 15.9.